The molecule has 1 N–H and O–H groups in total. The zero-order chi connectivity index (χ0) is 11.7. The van der Waals surface area contributed by atoms with Gasteiger partial charge in [-0.3, -0.25) is 0 Å². The van der Waals surface area contributed by atoms with Gasteiger partial charge in [0.25, 0.3) is 0 Å². The molecule has 1 rings (SSSR count). The number of rotatable bonds is 3. The number of aliphatic hydroxyl groups excluding tert-OH is 1. The second-order valence-corrected chi connectivity index (χ2v) is 6.91. The first-order valence-corrected chi connectivity index (χ1v) is 6.08. The normalized spacial score (nSPS) is 24.8. The largest absolute Gasteiger partial charge is 0.396 e. The van der Waals surface area contributed by atoms with E-state index in [9.17, 15) is 5.11 Å². The molecule has 1 aliphatic rings. The van der Waals surface area contributed by atoms with Gasteiger partial charge in [0.2, 0.25) is 0 Å². The Balaban J connectivity index is 2.44. The number of aliphatic hydroxyl groups is 1. The third-order valence-corrected chi connectivity index (χ3v) is 3.58. The van der Waals surface area contributed by atoms with E-state index in [1.807, 2.05) is 0 Å². The first-order chi connectivity index (χ1) is 6.74. The van der Waals surface area contributed by atoms with Crippen molar-refractivity contribution in [3.05, 3.63) is 0 Å². The fourth-order valence-corrected chi connectivity index (χ4v) is 2.34. The van der Waals surface area contributed by atoms with Gasteiger partial charge < -0.3 is 10.0 Å². The minimum Gasteiger partial charge on any atom is -0.396 e. The monoisotopic (exact) mass is 213 g/mol. The van der Waals surface area contributed by atoms with Gasteiger partial charge in [-0.05, 0) is 24.3 Å². The molecule has 0 saturated carbocycles. The Bertz CT molecular complexity index is 205. The minimum atomic E-state index is 0.0484. The molecule has 1 atom stereocenters. The Labute approximate surface area is 94.7 Å². The molecule has 0 amide bonds. The Morgan fingerprint density at radius 2 is 1.80 bits per heavy atom. The second-order valence-electron chi connectivity index (χ2n) is 6.91. The van der Waals surface area contributed by atoms with Crippen molar-refractivity contribution in [1.82, 2.24) is 4.90 Å². The van der Waals surface area contributed by atoms with Crippen molar-refractivity contribution < 1.29 is 5.11 Å². The van der Waals surface area contributed by atoms with Crippen LogP contribution in [0, 0.1) is 16.7 Å². The summed E-state index contributed by atoms with van der Waals surface area (Å²) in [6, 6.07) is 0. The van der Waals surface area contributed by atoms with E-state index < -0.39 is 0 Å². The van der Waals surface area contributed by atoms with Crippen LogP contribution in [0.25, 0.3) is 0 Å². The molecule has 0 spiro atoms. The van der Waals surface area contributed by atoms with Gasteiger partial charge in [-0.2, -0.15) is 0 Å². The predicted octanol–water partition coefficient (Wildman–Crippen LogP) is 2.37. The molecule has 0 aromatic carbocycles. The Morgan fingerprint density at radius 1 is 1.20 bits per heavy atom. The van der Waals surface area contributed by atoms with Gasteiger partial charge in [-0.1, -0.05) is 34.6 Å². The molecule has 15 heavy (non-hydrogen) atoms. The van der Waals surface area contributed by atoms with Crippen LogP contribution in [0.1, 0.15) is 41.0 Å². The number of hydrogen-bond donors (Lipinski definition) is 1. The van der Waals surface area contributed by atoms with E-state index >= 15 is 0 Å². The minimum absolute atomic E-state index is 0.0484. The fourth-order valence-electron chi connectivity index (χ4n) is 2.34. The highest BCUT2D eigenvalue weighted by atomic mass is 16.3. The molecule has 1 aliphatic heterocycles. The third-order valence-electron chi connectivity index (χ3n) is 3.58. The number of hydrogen-bond acceptors (Lipinski definition) is 2. The molecular formula is C13H27NO. The van der Waals surface area contributed by atoms with Crippen molar-refractivity contribution in [3.63, 3.8) is 0 Å². The summed E-state index contributed by atoms with van der Waals surface area (Å²) >= 11 is 0. The molecule has 1 saturated heterocycles. The zero-order valence-corrected chi connectivity index (χ0v) is 11.0. The Morgan fingerprint density at radius 3 is 2.20 bits per heavy atom. The molecule has 0 aromatic rings. The van der Waals surface area contributed by atoms with Crippen molar-refractivity contribution in [1.29, 1.82) is 0 Å². The summed E-state index contributed by atoms with van der Waals surface area (Å²) in [6.07, 6.45) is 1.31. The van der Waals surface area contributed by atoms with Crippen LogP contribution in [0.5, 0.6) is 0 Å². The molecule has 0 aromatic heterocycles. The van der Waals surface area contributed by atoms with Crippen molar-refractivity contribution in [2.75, 3.05) is 26.2 Å². The third kappa shape index (κ3) is 3.76. The SMILES string of the molecule is CC(C)(CO)CN1CCC(C(C)(C)C)C1. The molecule has 0 aliphatic carbocycles. The lowest BCUT2D eigenvalue weighted by Crippen LogP contribution is -2.36. The smallest absolute Gasteiger partial charge is 0.0494 e. The van der Waals surface area contributed by atoms with Crippen LogP contribution >= 0.6 is 0 Å². The highest BCUT2D eigenvalue weighted by Gasteiger charge is 2.33. The van der Waals surface area contributed by atoms with Gasteiger partial charge in [-0.15, -0.1) is 0 Å². The predicted molar refractivity (Wildman–Crippen MR) is 64.9 cm³/mol. The van der Waals surface area contributed by atoms with Crippen LogP contribution in [0.15, 0.2) is 0 Å². The summed E-state index contributed by atoms with van der Waals surface area (Å²) in [5.74, 6) is 0.812. The van der Waals surface area contributed by atoms with E-state index in [2.05, 4.69) is 39.5 Å². The van der Waals surface area contributed by atoms with Crippen molar-refractivity contribution in [3.8, 4) is 0 Å². The fraction of sp³-hybridized carbons (Fsp3) is 1.00. The van der Waals surface area contributed by atoms with Crippen molar-refractivity contribution in [2.45, 2.75) is 41.0 Å². The number of nitrogens with zero attached hydrogens (tertiary/aromatic N) is 1. The van der Waals surface area contributed by atoms with Crippen LogP contribution in [0.3, 0.4) is 0 Å². The molecule has 0 bridgehead atoms. The first-order valence-electron chi connectivity index (χ1n) is 6.08. The second kappa shape index (κ2) is 4.42. The molecule has 2 heteroatoms. The average Bonchev–Trinajstić information content (AvgIpc) is 2.51. The van der Waals surface area contributed by atoms with E-state index in [-0.39, 0.29) is 12.0 Å². The summed E-state index contributed by atoms with van der Waals surface area (Å²) in [5, 5.41) is 9.25. The maximum absolute atomic E-state index is 9.25. The number of likely N-dealkylation sites (tertiary alicyclic amines) is 1. The van der Waals surface area contributed by atoms with Gasteiger partial charge >= 0.3 is 0 Å². The van der Waals surface area contributed by atoms with Gasteiger partial charge in [0, 0.05) is 25.1 Å². The molecule has 1 unspecified atom stereocenters. The molecule has 1 fully saturated rings. The average molecular weight is 213 g/mol. The summed E-state index contributed by atoms with van der Waals surface area (Å²) < 4.78 is 0. The molecular weight excluding hydrogens is 186 g/mol. The van der Waals surface area contributed by atoms with E-state index in [1.54, 1.807) is 0 Å². The summed E-state index contributed by atoms with van der Waals surface area (Å²) in [6.45, 7) is 15.0. The molecule has 0 radical (unpaired) electrons. The van der Waals surface area contributed by atoms with Crippen LogP contribution in [0.4, 0.5) is 0 Å². The highest BCUT2D eigenvalue weighted by Crippen LogP contribution is 2.34. The standard InChI is InChI=1S/C13H27NO/c1-12(2,3)11-6-7-14(8-11)9-13(4,5)10-15/h11,15H,6-10H2,1-5H3. The Kier molecular flexibility index (Phi) is 3.83. The van der Waals surface area contributed by atoms with Gasteiger partial charge in [-0.25, -0.2) is 0 Å². The van der Waals surface area contributed by atoms with Gasteiger partial charge in [0.05, 0.1) is 0 Å². The zero-order valence-electron chi connectivity index (χ0n) is 11.0. The lowest BCUT2D eigenvalue weighted by molar-refractivity contribution is 0.108. The summed E-state index contributed by atoms with van der Waals surface area (Å²) in [4.78, 5) is 2.51. The van der Waals surface area contributed by atoms with Crippen LogP contribution in [-0.4, -0.2) is 36.2 Å². The van der Waals surface area contributed by atoms with Crippen molar-refractivity contribution in [2.24, 2.45) is 16.7 Å². The topological polar surface area (TPSA) is 23.5 Å². The lowest BCUT2D eigenvalue weighted by atomic mass is 9.80. The lowest BCUT2D eigenvalue weighted by Gasteiger charge is -2.30. The van der Waals surface area contributed by atoms with Gasteiger partial charge in [0.1, 0.15) is 0 Å². The molecule has 2 nitrogen and oxygen atoms in total. The van der Waals surface area contributed by atoms with Crippen LogP contribution in [0.2, 0.25) is 0 Å². The van der Waals surface area contributed by atoms with E-state index in [0.717, 1.165) is 12.5 Å². The van der Waals surface area contributed by atoms with E-state index in [4.69, 9.17) is 0 Å². The summed E-state index contributed by atoms with van der Waals surface area (Å²) in [7, 11) is 0. The quantitative estimate of drug-likeness (QED) is 0.778. The first kappa shape index (κ1) is 13.0. The molecule has 1 heterocycles. The Hall–Kier alpha value is -0.0800. The summed E-state index contributed by atoms with van der Waals surface area (Å²) in [5.41, 5.74) is 0.477. The van der Waals surface area contributed by atoms with E-state index in [1.165, 1.54) is 19.5 Å². The maximum atomic E-state index is 9.25. The van der Waals surface area contributed by atoms with Crippen molar-refractivity contribution >= 4 is 0 Å². The van der Waals surface area contributed by atoms with Gasteiger partial charge in [0.15, 0.2) is 0 Å². The van der Waals surface area contributed by atoms with E-state index in [0.29, 0.717) is 5.41 Å². The highest BCUT2D eigenvalue weighted by molar-refractivity contribution is 4.86. The molecule has 90 valence electrons. The maximum Gasteiger partial charge on any atom is 0.0494 e. The van der Waals surface area contributed by atoms with Crippen LogP contribution < -0.4 is 0 Å². The van der Waals surface area contributed by atoms with Crippen LogP contribution in [-0.2, 0) is 0 Å².